The molecule has 0 aliphatic heterocycles. The van der Waals surface area contributed by atoms with Crippen LogP contribution in [-0.4, -0.2) is 10.3 Å². The van der Waals surface area contributed by atoms with Gasteiger partial charge < -0.3 is 4.57 Å². The third-order valence-electron chi connectivity index (χ3n) is 2.76. The highest BCUT2D eigenvalue weighted by Crippen LogP contribution is 2.14. The zero-order valence-electron chi connectivity index (χ0n) is 9.60. The van der Waals surface area contributed by atoms with Gasteiger partial charge in [0.1, 0.15) is 0 Å². The molecule has 1 atom stereocenters. The van der Waals surface area contributed by atoms with Crippen molar-refractivity contribution < 1.29 is 0 Å². The Bertz CT molecular complexity index is 370. The summed E-state index contributed by atoms with van der Waals surface area (Å²) in [6.07, 6.45) is 1.87. The lowest BCUT2D eigenvalue weighted by Crippen LogP contribution is -2.26. The molecule has 15 heavy (non-hydrogen) atoms. The molecular weight excluding hydrogens is 206 g/mol. The predicted molar refractivity (Wildman–Crippen MR) is 67.6 cm³/mol. The highest BCUT2D eigenvalue weighted by atomic mass is 32.1. The van der Waals surface area contributed by atoms with Crippen LogP contribution in [0.3, 0.4) is 0 Å². The number of aromatic nitrogens is 1. The molecule has 0 saturated carbocycles. The molecule has 0 fully saturated rings. The van der Waals surface area contributed by atoms with Crippen molar-refractivity contribution in [1.82, 2.24) is 4.57 Å². The van der Waals surface area contributed by atoms with Gasteiger partial charge in [-0.3, -0.25) is 4.79 Å². The molecule has 0 N–H and O–H groups in total. The maximum absolute atomic E-state index is 11.7. The van der Waals surface area contributed by atoms with E-state index in [1.54, 1.807) is 10.6 Å². The molecule has 1 aromatic heterocycles. The summed E-state index contributed by atoms with van der Waals surface area (Å²) < 4.78 is 1.77. The SMILES string of the molecule is Cc1ccn(CC(CS)C(C)C)c(=O)c1. The lowest BCUT2D eigenvalue weighted by atomic mass is 9.98. The predicted octanol–water partition coefficient (Wildman–Crippen LogP) is 2.36. The third kappa shape index (κ3) is 3.42. The van der Waals surface area contributed by atoms with Gasteiger partial charge in [0.15, 0.2) is 0 Å². The van der Waals surface area contributed by atoms with E-state index in [2.05, 4.69) is 26.5 Å². The van der Waals surface area contributed by atoms with E-state index in [-0.39, 0.29) is 5.56 Å². The number of hydrogen-bond donors (Lipinski definition) is 1. The van der Waals surface area contributed by atoms with E-state index >= 15 is 0 Å². The Morgan fingerprint density at radius 1 is 1.47 bits per heavy atom. The van der Waals surface area contributed by atoms with E-state index in [1.807, 2.05) is 19.2 Å². The summed E-state index contributed by atoms with van der Waals surface area (Å²) in [6.45, 7) is 7.03. The van der Waals surface area contributed by atoms with Crippen LogP contribution in [0.4, 0.5) is 0 Å². The van der Waals surface area contributed by atoms with E-state index in [9.17, 15) is 4.79 Å². The van der Waals surface area contributed by atoms with Crippen molar-refractivity contribution in [2.75, 3.05) is 5.75 Å². The van der Waals surface area contributed by atoms with Gasteiger partial charge >= 0.3 is 0 Å². The Hall–Kier alpha value is -0.700. The van der Waals surface area contributed by atoms with Gasteiger partial charge in [-0.1, -0.05) is 13.8 Å². The largest absolute Gasteiger partial charge is 0.315 e. The summed E-state index contributed by atoms with van der Waals surface area (Å²) in [5.41, 5.74) is 1.10. The lowest BCUT2D eigenvalue weighted by Gasteiger charge is -2.19. The Morgan fingerprint density at radius 2 is 2.13 bits per heavy atom. The summed E-state index contributed by atoms with van der Waals surface area (Å²) in [7, 11) is 0. The second-order valence-electron chi connectivity index (χ2n) is 4.38. The maximum Gasteiger partial charge on any atom is 0.250 e. The minimum Gasteiger partial charge on any atom is -0.315 e. The quantitative estimate of drug-likeness (QED) is 0.781. The average Bonchev–Trinajstić information content (AvgIpc) is 2.16. The van der Waals surface area contributed by atoms with Crippen molar-refractivity contribution in [2.24, 2.45) is 11.8 Å². The highest BCUT2D eigenvalue weighted by molar-refractivity contribution is 7.80. The summed E-state index contributed by atoms with van der Waals surface area (Å²) in [5, 5.41) is 0. The minimum absolute atomic E-state index is 0.0856. The van der Waals surface area contributed by atoms with Gasteiger partial charge in [0.2, 0.25) is 0 Å². The molecule has 1 rings (SSSR count). The van der Waals surface area contributed by atoms with Crippen LogP contribution in [0.25, 0.3) is 0 Å². The molecule has 0 aliphatic rings. The summed E-state index contributed by atoms with van der Waals surface area (Å²) in [6, 6.07) is 3.65. The zero-order chi connectivity index (χ0) is 11.4. The summed E-state index contributed by atoms with van der Waals surface area (Å²) in [5.74, 6) is 1.82. The molecule has 0 aliphatic carbocycles. The van der Waals surface area contributed by atoms with Crippen molar-refractivity contribution in [1.29, 1.82) is 0 Å². The number of nitrogens with zero attached hydrogens (tertiary/aromatic N) is 1. The summed E-state index contributed by atoms with van der Waals surface area (Å²) >= 11 is 4.32. The Morgan fingerprint density at radius 3 is 2.60 bits per heavy atom. The molecule has 0 aromatic carbocycles. The van der Waals surface area contributed by atoms with Gasteiger partial charge in [0.25, 0.3) is 5.56 Å². The van der Waals surface area contributed by atoms with Gasteiger partial charge in [0.05, 0.1) is 0 Å². The first-order valence-electron chi connectivity index (χ1n) is 5.32. The standard InChI is InChI=1S/C12H19NOS/c1-9(2)11(8-15)7-13-5-4-10(3)6-12(13)14/h4-6,9,11,15H,7-8H2,1-3H3. The maximum atomic E-state index is 11.7. The zero-order valence-corrected chi connectivity index (χ0v) is 10.5. The molecule has 0 bridgehead atoms. The van der Waals surface area contributed by atoms with Crippen LogP contribution < -0.4 is 5.56 Å². The topological polar surface area (TPSA) is 22.0 Å². The molecule has 2 nitrogen and oxygen atoms in total. The van der Waals surface area contributed by atoms with Gasteiger partial charge in [0, 0.05) is 18.8 Å². The van der Waals surface area contributed by atoms with Crippen LogP contribution in [0.2, 0.25) is 0 Å². The Balaban J connectivity index is 2.84. The van der Waals surface area contributed by atoms with Crippen molar-refractivity contribution in [2.45, 2.75) is 27.3 Å². The lowest BCUT2D eigenvalue weighted by molar-refractivity contribution is 0.367. The third-order valence-corrected chi connectivity index (χ3v) is 3.23. The second-order valence-corrected chi connectivity index (χ2v) is 4.75. The molecule has 3 heteroatoms. The van der Waals surface area contributed by atoms with Gasteiger partial charge in [-0.2, -0.15) is 12.6 Å². The first-order chi connectivity index (χ1) is 7.04. The molecule has 0 saturated heterocycles. The van der Waals surface area contributed by atoms with E-state index in [4.69, 9.17) is 0 Å². The van der Waals surface area contributed by atoms with Gasteiger partial charge in [-0.05, 0) is 36.1 Å². The molecular formula is C12H19NOS. The van der Waals surface area contributed by atoms with Crippen LogP contribution in [0.5, 0.6) is 0 Å². The molecule has 84 valence electrons. The molecule has 1 unspecified atom stereocenters. The number of hydrogen-bond acceptors (Lipinski definition) is 2. The molecule has 0 amide bonds. The van der Waals surface area contributed by atoms with E-state index < -0.39 is 0 Å². The fourth-order valence-corrected chi connectivity index (χ4v) is 2.03. The van der Waals surface area contributed by atoms with Crippen LogP contribution in [0.15, 0.2) is 23.1 Å². The smallest absolute Gasteiger partial charge is 0.250 e. The van der Waals surface area contributed by atoms with Gasteiger partial charge in [-0.15, -0.1) is 0 Å². The molecule has 1 aromatic rings. The Kier molecular flexibility index (Phi) is 4.45. The molecule has 1 heterocycles. The summed E-state index contributed by atoms with van der Waals surface area (Å²) in [4.78, 5) is 11.7. The average molecular weight is 225 g/mol. The van der Waals surface area contributed by atoms with E-state index in [1.165, 1.54) is 0 Å². The van der Waals surface area contributed by atoms with Crippen molar-refractivity contribution in [3.63, 3.8) is 0 Å². The monoisotopic (exact) mass is 225 g/mol. The normalized spacial score (nSPS) is 13.1. The number of aryl methyl sites for hydroxylation is 1. The van der Waals surface area contributed by atoms with Crippen LogP contribution in [-0.2, 0) is 6.54 Å². The minimum atomic E-state index is 0.0856. The van der Waals surface area contributed by atoms with Crippen molar-refractivity contribution >= 4 is 12.6 Å². The second kappa shape index (κ2) is 5.40. The van der Waals surface area contributed by atoms with Crippen LogP contribution in [0, 0.1) is 18.8 Å². The number of pyridine rings is 1. The van der Waals surface area contributed by atoms with Crippen LogP contribution >= 0.6 is 12.6 Å². The molecule has 0 radical (unpaired) electrons. The fourth-order valence-electron chi connectivity index (χ4n) is 1.49. The van der Waals surface area contributed by atoms with E-state index in [0.717, 1.165) is 17.9 Å². The van der Waals surface area contributed by atoms with Crippen molar-refractivity contribution in [3.8, 4) is 0 Å². The van der Waals surface area contributed by atoms with Gasteiger partial charge in [-0.25, -0.2) is 0 Å². The Labute approximate surface area is 96.7 Å². The fraction of sp³-hybridized carbons (Fsp3) is 0.583. The van der Waals surface area contributed by atoms with Crippen LogP contribution in [0.1, 0.15) is 19.4 Å². The first kappa shape index (κ1) is 12.4. The number of thiol groups is 1. The van der Waals surface area contributed by atoms with E-state index in [0.29, 0.717) is 11.8 Å². The number of rotatable bonds is 4. The molecule has 0 spiro atoms. The van der Waals surface area contributed by atoms with Crippen molar-refractivity contribution in [3.05, 3.63) is 34.2 Å². The highest BCUT2D eigenvalue weighted by Gasteiger charge is 2.12. The first-order valence-corrected chi connectivity index (χ1v) is 5.95.